The number of carbonyl (C=O) groups excluding carboxylic acids is 1. The van der Waals surface area contributed by atoms with Crippen LogP contribution in [-0.4, -0.2) is 47.5 Å². The Bertz CT molecular complexity index is 982. The molecule has 0 aliphatic carbocycles. The third-order valence-corrected chi connectivity index (χ3v) is 4.83. The highest BCUT2D eigenvalue weighted by Gasteiger charge is 2.15. The van der Waals surface area contributed by atoms with Gasteiger partial charge in [-0.25, -0.2) is 0 Å². The van der Waals surface area contributed by atoms with Crippen molar-refractivity contribution < 1.29 is 27.5 Å². The van der Waals surface area contributed by atoms with Crippen molar-refractivity contribution in [2.75, 3.05) is 19.9 Å². The van der Waals surface area contributed by atoms with Crippen molar-refractivity contribution >= 4 is 17.7 Å². The van der Waals surface area contributed by atoms with Gasteiger partial charge in [0.05, 0.1) is 12.9 Å². The summed E-state index contributed by atoms with van der Waals surface area (Å²) < 4.78 is 39.4. The number of amides is 1. The predicted octanol–water partition coefficient (Wildman–Crippen LogP) is 4.10. The lowest BCUT2D eigenvalue weighted by Crippen LogP contribution is -2.27. The first-order valence-electron chi connectivity index (χ1n) is 8.83. The van der Waals surface area contributed by atoms with E-state index in [4.69, 9.17) is 9.15 Å². The topological polar surface area (TPSA) is 77.7 Å². The highest BCUT2D eigenvalue weighted by atomic mass is 32.2. The van der Waals surface area contributed by atoms with Crippen LogP contribution < -0.4 is 9.47 Å². The average molecular weight is 435 g/mol. The van der Waals surface area contributed by atoms with E-state index >= 15 is 0 Å². The second kappa shape index (κ2) is 10.1. The second-order valence-corrected chi connectivity index (χ2v) is 7.09. The molecule has 7 nitrogen and oxygen atoms in total. The minimum absolute atomic E-state index is 0.0348. The molecule has 0 N–H and O–H groups in total. The number of aromatic nitrogens is 2. The van der Waals surface area contributed by atoms with Crippen LogP contribution in [0.5, 0.6) is 11.5 Å². The van der Waals surface area contributed by atoms with Crippen molar-refractivity contribution in [1.29, 1.82) is 0 Å². The SMILES string of the molecule is COc1cccc(CN(C)C(=O)CSc2nnc(-c3ccc(OC(F)F)cc3)o2)c1. The molecule has 3 aromatic rings. The lowest BCUT2D eigenvalue weighted by molar-refractivity contribution is -0.127. The second-order valence-electron chi connectivity index (χ2n) is 6.17. The van der Waals surface area contributed by atoms with Crippen LogP contribution in [0, 0.1) is 0 Å². The Kier molecular flexibility index (Phi) is 7.23. The van der Waals surface area contributed by atoms with Crippen molar-refractivity contribution in [2.24, 2.45) is 0 Å². The normalized spacial score (nSPS) is 10.8. The highest BCUT2D eigenvalue weighted by Crippen LogP contribution is 2.25. The van der Waals surface area contributed by atoms with Crippen molar-refractivity contribution in [3.8, 4) is 23.0 Å². The zero-order valence-corrected chi connectivity index (χ0v) is 17.1. The van der Waals surface area contributed by atoms with Gasteiger partial charge in [0, 0.05) is 19.2 Å². The van der Waals surface area contributed by atoms with Gasteiger partial charge >= 0.3 is 6.61 Å². The molecule has 0 aliphatic heterocycles. The molecule has 0 saturated carbocycles. The van der Waals surface area contributed by atoms with Gasteiger partial charge in [-0.3, -0.25) is 4.79 Å². The maximum Gasteiger partial charge on any atom is 0.387 e. The minimum atomic E-state index is -2.89. The molecule has 1 aromatic heterocycles. The Hall–Kier alpha value is -3.14. The first-order valence-corrected chi connectivity index (χ1v) is 9.81. The minimum Gasteiger partial charge on any atom is -0.497 e. The Labute approximate surface area is 176 Å². The number of carbonyl (C=O) groups is 1. The lowest BCUT2D eigenvalue weighted by Gasteiger charge is -2.17. The number of methoxy groups -OCH3 is 1. The van der Waals surface area contributed by atoms with Crippen LogP contribution in [-0.2, 0) is 11.3 Å². The fourth-order valence-electron chi connectivity index (χ4n) is 2.53. The monoisotopic (exact) mass is 435 g/mol. The summed E-state index contributed by atoms with van der Waals surface area (Å²) in [6, 6.07) is 13.3. The summed E-state index contributed by atoms with van der Waals surface area (Å²) >= 11 is 1.12. The number of benzene rings is 2. The molecule has 0 radical (unpaired) electrons. The smallest absolute Gasteiger partial charge is 0.387 e. The van der Waals surface area contributed by atoms with Crippen molar-refractivity contribution in [3.05, 3.63) is 54.1 Å². The van der Waals surface area contributed by atoms with E-state index in [1.165, 1.54) is 24.3 Å². The van der Waals surface area contributed by atoms with Crippen molar-refractivity contribution in [3.63, 3.8) is 0 Å². The molecule has 2 aromatic carbocycles. The molecule has 0 saturated heterocycles. The first-order chi connectivity index (χ1) is 14.4. The van der Waals surface area contributed by atoms with Crippen LogP contribution in [0.15, 0.2) is 58.2 Å². The maximum absolute atomic E-state index is 12.4. The number of halogens is 2. The summed E-state index contributed by atoms with van der Waals surface area (Å²) in [6.45, 7) is -2.44. The number of ether oxygens (including phenoxy) is 2. The molecular formula is C20H19F2N3O4S. The van der Waals surface area contributed by atoms with Gasteiger partial charge < -0.3 is 18.8 Å². The number of hydrogen-bond acceptors (Lipinski definition) is 7. The van der Waals surface area contributed by atoms with Gasteiger partial charge in [-0.05, 0) is 42.0 Å². The first kappa shape index (κ1) is 21.6. The van der Waals surface area contributed by atoms with Gasteiger partial charge in [0.25, 0.3) is 5.22 Å². The summed E-state index contributed by atoms with van der Waals surface area (Å²) in [6.07, 6.45) is 0. The van der Waals surface area contributed by atoms with Gasteiger partial charge in [-0.1, -0.05) is 23.9 Å². The van der Waals surface area contributed by atoms with Crippen molar-refractivity contribution in [2.45, 2.75) is 18.4 Å². The van der Waals surface area contributed by atoms with Crippen LogP contribution >= 0.6 is 11.8 Å². The molecule has 158 valence electrons. The molecule has 3 rings (SSSR count). The molecule has 0 aliphatic rings. The largest absolute Gasteiger partial charge is 0.497 e. The molecule has 0 unspecified atom stereocenters. The van der Waals surface area contributed by atoms with Gasteiger partial charge in [-0.2, -0.15) is 8.78 Å². The molecule has 10 heteroatoms. The fourth-order valence-corrected chi connectivity index (χ4v) is 3.23. The highest BCUT2D eigenvalue weighted by molar-refractivity contribution is 7.99. The molecule has 0 fully saturated rings. The van der Waals surface area contributed by atoms with E-state index < -0.39 is 6.61 Å². The van der Waals surface area contributed by atoms with E-state index in [9.17, 15) is 13.6 Å². The Morgan fingerprint density at radius 3 is 2.63 bits per heavy atom. The molecule has 0 spiro atoms. The average Bonchev–Trinajstić information content (AvgIpc) is 3.21. The summed E-state index contributed by atoms with van der Waals surface area (Å²) in [7, 11) is 3.31. The Morgan fingerprint density at radius 2 is 1.93 bits per heavy atom. The van der Waals surface area contributed by atoms with E-state index in [1.54, 1.807) is 19.1 Å². The number of nitrogens with zero attached hydrogens (tertiary/aromatic N) is 3. The van der Waals surface area contributed by atoms with E-state index in [2.05, 4.69) is 14.9 Å². The van der Waals surface area contributed by atoms with Gasteiger partial charge in [0.1, 0.15) is 11.5 Å². The molecule has 1 heterocycles. The Morgan fingerprint density at radius 1 is 1.17 bits per heavy atom. The molecule has 0 atom stereocenters. The van der Waals surface area contributed by atoms with E-state index in [0.717, 1.165) is 23.1 Å². The van der Waals surface area contributed by atoms with Crippen LogP contribution in [0.1, 0.15) is 5.56 Å². The number of thioether (sulfide) groups is 1. The molecular weight excluding hydrogens is 416 g/mol. The lowest BCUT2D eigenvalue weighted by atomic mass is 10.2. The summed E-state index contributed by atoms with van der Waals surface area (Å²) in [5, 5.41) is 8.07. The molecule has 30 heavy (non-hydrogen) atoms. The fraction of sp³-hybridized carbons (Fsp3) is 0.250. The van der Waals surface area contributed by atoms with Crippen LogP contribution in [0.2, 0.25) is 0 Å². The van der Waals surface area contributed by atoms with E-state index in [1.807, 2.05) is 24.3 Å². The summed E-state index contributed by atoms with van der Waals surface area (Å²) in [5.41, 5.74) is 1.51. The predicted molar refractivity (Wildman–Crippen MR) is 107 cm³/mol. The number of hydrogen-bond donors (Lipinski definition) is 0. The van der Waals surface area contributed by atoms with Crippen molar-refractivity contribution in [1.82, 2.24) is 15.1 Å². The summed E-state index contributed by atoms with van der Waals surface area (Å²) in [5.74, 6) is 1.01. The zero-order chi connectivity index (χ0) is 21.5. The molecule has 0 bridgehead atoms. The van der Waals surface area contributed by atoms with Gasteiger partial charge in [0.2, 0.25) is 11.8 Å². The number of rotatable bonds is 9. The third-order valence-electron chi connectivity index (χ3n) is 4.03. The Balaban J connectivity index is 1.53. The maximum atomic E-state index is 12.4. The third kappa shape index (κ3) is 5.93. The van der Waals surface area contributed by atoms with Crippen LogP contribution in [0.25, 0.3) is 11.5 Å². The zero-order valence-electron chi connectivity index (χ0n) is 16.2. The standard InChI is InChI=1S/C20H19F2N3O4S/c1-25(11-13-4-3-5-16(10-13)27-2)17(26)12-30-20-24-23-18(29-20)14-6-8-15(9-7-14)28-19(21)22/h3-10,19H,11-12H2,1-2H3. The van der Waals surface area contributed by atoms with Gasteiger partial charge in [0.15, 0.2) is 0 Å². The van der Waals surface area contributed by atoms with Crippen LogP contribution in [0.3, 0.4) is 0 Å². The van der Waals surface area contributed by atoms with E-state index in [-0.39, 0.29) is 28.5 Å². The van der Waals surface area contributed by atoms with Gasteiger partial charge in [-0.15, -0.1) is 10.2 Å². The van der Waals surface area contributed by atoms with E-state index in [0.29, 0.717) is 12.1 Å². The number of alkyl halides is 2. The molecule has 1 amide bonds. The van der Waals surface area contributed by atoms with Crippen LogP contribution in [0.4, 0.5) is 8.78 Å². The quantitative estimate of drug-likeness (QED) is 0.468. The summed E-state index contributed by atoms with van der Waals surface area (Å²) in [4.78, 5) is 14.0.